The Hall–Kier alpha value is -2.31. The van der Waals surface area contributed by atoms with Crippen LogP contribution in [-0.2, 0) is 12.2 Å². The zero-order valence-electron chi connectivity index (χ0n) is 14.1. The Balaban J connectivity index is 1.50. The van der Waals surface area contributed by atoms with Crippen molar-refractivity contribution in [2.24, 2.45) is 0 Å². The fourth-order valence-corrected chi connectivity index (χ4v) is 3.40. The van der Waals surface area contributed by atoms with Crippen molar-refractivity contribution in [1.29, 1.82) is 0 Å². The van der Waals surface area contributed by atoms with Crippen LogP contribution in [0.4, 0.5) is 4.39 Å². The average molecular weight is 373 g/mol. The summed E-state index contributed by atoms with van der Waals surface area (Å²) in [6.45, 7) is 1.72. The van der Waals surface area contributed by atoms with Gasteiger partial charge in [-0.2, -0.15) is 4.98 Å². The first-order chi connectivity index (χ1) is 12.6. The minimum Gasteiger partial charge on any atom is -0.335 e. The zero-order valence-corrected chi connectivity index (χ0v) is 14.9. The van der Waals surface area contributed by atoms with E-state index in [2.05, 4.69) is 20.0 Å². The van der Waals surface area contributed by atoms with E-state index in [1.54, 1.807) is 24.5 Å². The van der Waals surface area contributed by atoms with Crippen LogP contribution >= 0.6 is 11.6 Å². The van der Waals surface area contributed by atoms with E-state index in [-0.39, 0.29) is 12.4 Å². The van der Waals surface area contributed by atoms with Crippen LogP contribution in [0.1, 0.15) is 24.3 Å². The fourth-order valence-electron chi connectivity index (χ4n) is 3.28. The van der Waals surface area contributed by atoms with Crippen LogP contribution in [0.2, 0.25) is 5.02 Å². The minimum atomic E-state index is -1.64. The lowest BCUT2D eigenvalue weighted by Gasteiger charge is -2.35. The number of pyridine rings is 1. The highest BCUT2D eigenvalue weighted by Gasteiger charge is 2.42. The van der Waals surface area contributed by atoms with E-state index in [1.165, 1.54) is 0 Å². The van der Waals surface area contributed by atoms with Crippen molar-refractivity contribution in [2.45, 2.75) is 25.1 Å². The molecule has 1 aromatic carbocycles. The van der Waals surface area contributed by atoms with Gasteiger partial charge in [0.15, 0.2) is 0 Å². The number of hydrogen-bond acceptors (Lipinski definition) is 5. The first-order valence-electron chi connectivity index (χ1n) is 8.53. The predicted molar refractivity (Wildman–Crippen MR) is 96.3 cm³/mol. The van der Waals surface area contributed by atoms with Gasteiger partial charge in [-0.15, -0.1) is 0 Å². The van der Waals surface area contributed by atoms with Gasteiger partial charge in [0.2, 0.25) is 11.5 Å². The number of piperidine rings is 1. The van der Waals surface area contributed by atoms with Crippen LogP contribution in [0.3, 0.4) is 0 Å². The molecule has 0 bridgehead atoms. The molecule has 3 aromatic rings. The van der Waals surface area contributed by atoms with E-state index in [9.17, 15) is 0 Å². The summed E-state index contributed by atoms with van der Waals surface area (Å²) in [5.74, 6) is 0.430. The summed E-state index contributed by atoms with van der Waals surface area (Å²) in [6.07, 6.45) is 4.40. The van der Waals surface area contributed by atoms with E-state index >= 15 is 4.39 Å². The zero-order chi connectivity index (χ0) is 18.0. The molecule has 26 heavy (non-hydrogen) atoms. The van der Waals surface area contributed by atoms with Gasteiger partial charge in [0, 0.05) is 36.1 Å². The third kappa shape index (κ3) is 3.61. The molecule has 1 atom stereocenters. The van der Waals surface area contributed by atoms with Crippen molar-refractivity contribution in [3.8, 4) is 11.4 Å². The second-order valence-electron chi connectivity index (χ2n) is 6.57. The Morgan fingerprint density at radius 3 is 2.69 bits per heavy atom. The van der Waals surface area contributed by atoms with E-state index in [4.69, 9.17) is 16.1 Å². The lowest BCUT2D eigenvalue weighted by atomic mass is 9.94. The second-order valence-corrected chi connectivity index (χ2v) is 7.00. The predicted octanol–water partition coefficient (Wildman–Crippen LogP) is 4.25. The normalized spacial score (nSPS) is 21.0. The first-order valence-corrected chi connectivity index (χ1v) is 8.90. The molecule has 1 aliphatic heterocycles. The van der Waals surface area contributed by atoms with Crippen molar-refractivity contribution in [3.05, 3.63) is 65.3 Å². The quantitative estimate of drug-likeness (QED) is 0.685. The van der Waals surface area contributed by atoms with Gasteiger partial charge in [-0.1, -0.05) is 28.9 Å². The van der Waals surface area contributed by atoms with Crippen LogP contribution in [0, 0.1) is 0 Å². The molecule has 1 fully saturated rings. The SMILES string of the molecule is FC1(c2nc(-c3ccncc3)no2)CCCN(Cc2ccc(Cl)cc2)C1. The molecule has 0 N–H and O–H groups in total. The van der Waals surface area contributed by atoms with Gasteiger partial charge in [-0.3, -0.25) is 9.88 Å². The number of halogens is 2. The number of aromatic nitrogens is 3. The van der Waals surface area contributed by atoms with Gasteiger partial charge in [0.25, 0.3) is 5.89 Å². The van der Waals surface area contributed by atoms with Crippen molar-refractivity contribution in [2.75, 3.05) is 13.1 Å². The first kappa shape index (κ1) is 17.1. The fraction of sp³-hybridized carbons (Fsp3) is 0.316. The molecule has 0 spiro atoms. The van der Waals surface area contributed by atoms with E-state index < -0.39 is 5.67 Å². The molecule has 3 heterocycles. The van der Waals surface area contributed by atoms with E-state index in [0.29, 0.717) is 23.8 Å². The largest absolute Gasteiger partial charge is 0.335 e. The standard InChI is InChI=1S/C19H18ClFN4O/c20-16-4-2-14(3-5-16)12-25-11-1-8-19(21,13-25)18-23-17(24-26-18)15-6-9-22-10-7-15/h2-7,9-10H,1,8,11-13H2. The molecule has 4 rings (SSSR count). The summed E-state index contributed by atoms with van der Waals surface area (Å²) in [6, 6.07) is 11.2. The molecule has 0 saturated carbocycles. The number of hydrogen-bond donors (Lipinski definition) is 0. The number of alkyl halides is 1. The summed E-state index contributed by atoms with van der Waals surface area (Å²) in [7, 11) is 0. The highest BCUT2D eigenvalue weighted by atomic mass is 35.5. The minimum absolute atomic E-state index is 0.0464. The Labute approximate surface area is 155 Å². The van der Waals surface area contributed by atoms with Gasteiger partial charge in [-0.05, 0) is 49.2 Å². The Morgan fingerprint density at radius 1 is 1.15 bits per heavy atom. The molecule has 5 nitrogen and oxygen atoms in total. The summed E-state index contributed by atoms with van der Waals surface area (Å²) >= 11 is 5.93. The smallest absolute Gasteiger partial charge is 0.265 e. The van der Waals surface area contributed by atoms with Gasteiger partial charge >= 0.3 is 0 Å². The topological polar surface area (TPSA) is 55.1 Å². The van der Waals surface area contributed by atoms with E-state index in [0.717, 1.165) is 24.1 Å². The van der Waals surface area contributed by atoms with Gasteiger partial charge in [0.1, 0.15) is 0 Å². The highest BCUT2D eigenvalue weighted by molar-refractivity contribution is 6.30. The molecule has 1 aliphatic rings. The van der Waals surface area contributed by atoms with Crippen molar-refractivity contribution >= 4 is 11.6 Å². The molecule has 1 unspecified atom stereocenters. The van der Waals surface area contributed by atoms with Crippen LogP contribution in [0.25, 0.3) is 11.4 Å². The molecular formula is C19H18ClFN4O. The molecule has 7 heteroatoms. The molecule has 0 aliphatic carbocycles. The highest BCUT2D eigenvalue weighted by Crippen LogP contribution is 2.36. The average Bonchev–Trinajstić information content (AvgIpc) is 3.16. The molecule has 0 amide bonds. The van der Waals surface area contributed by atoms with Gasteiger partial charge in [-0.25, -0.2) is 4.39 Å². The number of benzene rings is 1. The monoisotopic (exact) mass is 372 g/mol. The van der Waals surface area contributed by atoms with Gasteiger partial charge < -0.3 is 4.52 Å². The summed E-state index contributed by atoms with van der Waals surface area (Å²) < 4.78 is 20.9. The Kier molecular flexibility index (Phi) is 4.70. The summed E-state index contributed by atoms with van der Waals surface area (Å²) in [5, 5.41) is 4.63. The van der Waals surface area contributed by atoms with Crippen LogP contribution in [-0.4, -0.2) is 33.1 Å². The number of likely N-dealkylation sites (tertiary alicyclic amines) is 1. The third-order valence-electron chi connectivity index (χ3n) is 4.59. The maximum absolute atomic E-state index is 15.6. The maximum atomic E-state index is 15.6. The summed E-state index contributed by atoms with van der Waals surface area (Å²) in [5.41, 5.74) is 0.220. The number of rotatable bonds is 4. The van der Waals surface area contributed by atoms with Crippen molar-refractivity contribution in [3.63, 3.8) is 0 Å². The lowest BCUT2D eigenvalue weighted by molar-refractivity contribution is 0.0124. The molecule has 0 radical (unpaired) electrons. The third-order valence-corrected chi connectivity index (χ3v) is 4.84. The van der Waals surface area contributed by atoms with Crippen LogP contribution < -0.4 is 0 Å². The lowest BCUT2D eigenvalue weighted by Crippen LogP contribution is -2.43. The van der Waals surface area contributed by atoms with Crippen LogP contribution in [0.5, 0.6) is 0 Å². The molecule has 134 valence electrons. The van der Waals surface area contributed by atoms with E-state index in [1.807, 2.05) is 24.3 Å². The Morgan fingerprint density at radius 2 is 1.92 bits per heavy atom. The van der Waals surface area contributed by atoms with Crippen LogP contribution in [0.15, 0.2) is 53.3 Å². The molecule has 2 aromatic heterocycles. The molecule has 1 saturated heterocycles. The van der Waals surface area contributed by atoms with Gasteiger partial charge in [0.05, 0.1) is 0 Å². The Bertz CT molecular complexity index is 871. The second kappa shape index (κ2) is 7.13. The van der Waals surface area contributed by atoms with Crippen molar-refractivity contribution in [1.82, 2.24) is 20.0 Å². The molecular weight excluding hydrogens is 355 g/mol. The summed E-state index contributed by atoms with van der Waals surface area (Å²) in [4.78, 5) is 10.3. The number of nitrogens with zero attached hydrogens (tertiary/aromatic N) is 4. The maximum Gasteiger partial charge on any atom is 0.265 e. The van der Waals surface area contributed by atoms with Crippen molar-refractivity contribution < 1.29 is 8.91 Å².